The highest BCUT2D eigenvalue weighted by atomic mass is 32.2. The fourth-order valence-electron chi connectivity index (χ4n) is 5.78. The van der Waals surface area contributed by atoms with E-state index in [-0.39, 0.29) is 17.9 Å². The number of fused-ring (bicyclic) bond motifs is 1. The molecular formula is C24H36N2O3S. The molecule has 3 aliphatic rings. The van der Waals surface area contributed by atoms with Gasteiger partial charge in [0, 0.05) is 36.6 Å². The Labute approximate surface area is 185 Å². The van der Waals surface area contributed by atoms with Crippen LogP contribution >= 0.6 is 11.9 Å². The molecule has 0 aromatic heterocycles. The zero-order chi connectivity index (χ0) is 21.5. The molecule has 30 heavy (non-hydrogen) atoms. The summed E-state index contributed by atoms with van der Waals surface area (Å²) in [5.74, 6) is 2.67. The molecule has 4 rings (SSSR count). The first kappa shape index (κ1) is 22.1. The first-order chi connectivity index (χ1) is 14.3. The van der Waals surface area contributed by atoms with Crippen molar-refractivity contribution in [2.45, 2.75) is 76.0 Å². The van der Waals surface area contributed by atoms with E-state index in [1.54, 1.807) is 19.1 Å². The molecule has 0 bridgehead atoms. The number of nitrogens with zero attached hydrogens (tertiary/aromatic N) is 1. The van der Waals surface area contributed by atoms with Gasteiger partial charge in [-0.25, -0.2) is 0 Å². The highest BCUT2D eigenvalue weighted by Gasteiger charge is 2.63. The van der Waals surface area contributed by atoms with E-state index >= 15 is 0 Å². The number of Topliss-reactive ketones (excluding diaryl/α,β-unsaturated/α-hetero) is 1. The highest BCUT2D eigenvalue weighted by molar-refractivity contribution is 7.97. The number of piperidine rings is 1. The SMILES string of the molecule is CCSN[C@H]1C[C@@]2(O)[C@@H](C)N(CC3CC3)CC[C@]2(c2cc(OC)ccc2C)CC1=O. The minimum atomic E-state index is -0.975. The summed E-state index contributed by atoms with van der Waals surface area (Å²) in [7, 11) is 1.67. The Kier molecular flexibility index (Phi) is 6.24. The van der Waals surface area contributed by atoms with Crippen molar-refractivity contribution in [2.75, 3.05) is 26.0 Å². The number of hydrogen-bond donors (Lipinski definition) is 2. The van der Waals surface area contributed by atoms with Gasteiger partial charge in [0.05, 0.1) is 18.8 Å². The maximum Gasteiger partial charge on any atom is 0.151 e. The maximum absolute atomic E-state index is 13.3. The smallest absolute Gasteiger partial charge is 0.151 e. The van der Waals surface area contributed by atoms with Crippen LogP contribution < -0.4 is 9.46 Å². The molecule has 6 heteroatoms. The number of aryl methyl sites for hydroxylation is 1. The molecule has 2 aliphatic carbocycles. The second-order valence-corrected chi connectivity index (χ2v) is 10.6. The number of carbonyl (C=O) groups excluding carboxylic acids is 1. The van der Waals surface area contributed by atoms with Gasteiger partial charge in [0.25, 0.3) is 0 Å². The molecule has 1 aromatic carbocycles. The predicted molar refractivity (Wildman–Crippen MR) is 122 cm³/mol. The van der Waals surface area contributed by atoms with Gasteiger partial charge in [-0.3, -0.25) is 14.4 Å². The first-order valence-electron chi connectivity index (χ1n) is 11.4. The van der Waals surface area contributed by atoms with Crippen LogP contribution in [0.25, 0.3) is 0 Å². The lowest BCUT2D eigenvalue weighted by Gasteiger charge is -2.61. The Hall–Kier alpha value is -1.08. The van der Waals surface area contributed by atoms with Crippen LogP contribution in [-0.2, 0) is 10.2 Å². The molecule has 2 N–H and O–H groups in total. The fourth-order valence-corrected chi connectivity index (χ4v) is 6.36. The topological polar surface area (TPSA) is 61.8 Å². The number of ketones is 1. The molecule has 0 unspecified atom stereocenters. The van der Waals surface area contributed by atoms with E-state index in [0.29, 0.717) is 12.8 Å². The molecule has 5 nitrogen and oxygen atoms in total. The lowest BCUT2D eigenvalue weighted by atomic mass is 9.52. The summed E-state index contributed by atoms with van der Waals surface area (Å²) in [6.45, 7) is 8.32. The van der Waals surface area contributed by atoms with Crippen LogP contribution in [0, 0.1) is 12.8 Å². The second-order valence-electron chi connectivity index (χ2n) is 9.50. The first-order valence-corrected chi connectivity index (χ1v) is 12.3. The monoisotopic (exact) mass is 432 g/mol. The van der Waals surface area contributed by atoms with Gasteiger partial charge >= 0.3 is 0 Å². The van der Waals surface area contributed by atoms with Gasteiger partial charge in [0.1, 0.15) is 5.75 Å². The van der Waals surface area contributed by atoms with Gasteiger partial charge in [-0.2, -0.15) is 0 Å². The van der Waals surface area contributed by atoms with Crippen LogP contribution in [0.2, 0.25) is 0 Å². The Balaban J connectivity index is 1.77. The lowest BCUT2D eigenvalue weighted by Crippen LogP contribution is -2.72. The van der Waals surface area contributed by atoms with Crippen molar-refractivity contribution < 1.29 is 14.6 Å². The van der Waals surface area contributed by atoms with E-state index in [0.717, 1.165) is 48.1 Å². The predicted octanol–water partition coefficient (Wildman–Crippen LogP) is 3.47. The Morgan fingerprint density at radius 3 is 2.80 bits per heavy atom. The minimum Gasteiger partial charge on any atom is -0.497 e. The molecule has 166 valence electrons. The summed E-state index contributed by atoms with van der Waals surface area (Å²) in [6.07, 6.45) is 4.24. The number of likely N-dealkylation sites (tertiary alicyclic amines) is 1. The van der Waals surface area contributed by atoms with Crippen molar-refractivity contribution in [3.63, 3.8) is 0 Å². The van der Waals surface area contributed by atoms with E-state index in [1.165, 1.54) is 12.8 Å². The van der Waals surface area contributed by atoms with E-state index in [1.807, 2.05) is 6.07 Å². The fraction of sp³-hybridized carbons (Fsp3) is 0.708. The summed E-state index contributed by atoms with van der Waals surface area (Å²) in [4.78, 5) is 15.8. The molecule has 0 radical (unpaired) electrons. The number of rotatable bonds is 7. The van der Waals surface area contributed by atoms with E-state index in [9.17, 15) is 9.90 Å². The highest BCUT2D eigenvalue weighted by Crippen LogP contribution is 2.55. The molecule has 1 saturated heterocycles. The average Bonchev–Trinajstić information content (AvgIpc) is 3.55. The summed E-state index contributed by atoms with van der Waals surface area (Å²) in [5, 5.41) is 12.5. The van der Waals surface area contributed by atoms with Gasteiger partial charge in [0.2, 0.25) is 0 Å². The van der Waals surface area contributed by atoms with Gasteiger partial charge < -0.3 is 9.84 Å². The lowest BCUT2D eigenvalue weighted by molar-refractivity contribution is -0.168. The number of ether oxygens (including phenoxy) is 1. The van der Waals surface area contributed by atoms with Crippen molar-refractivity contribution in [1.82, 2.24) is 9.62 Å². The van der Waals surface area contributed by atoms with Crippen molar-refractivity contribution in [3.8, 4) is 5.75 Å². The third-order valence-electron chi connectivity index (χ3n) is 7.79. The van der Waals surface area contributed by atoms with Crippen LogP contribution in [0.4, 0.5) is 0 Å². The van der Waals surface area contributed by atoms with Gasteiger partial charge in [0.15, 0.2) is 5.78 Å². The van der Waals surface area contributed by atoms with E-state index < -0.39 is 11.0 Å². The number of methoxy groups -OCH3 is 1. The zero-order valence-electron chi connectivity index (χ0n) is 18.7. The largest absolute Gasteiger partial charge is 0.497 e. The average molecular weight is 433 g/mol. The third-order valence-corrected chi connectivity index (χ3v) is 8.53. The number of hydrogen-bond acceptors (Lipinski definition) is 6. The molecular weight excluding hydrogens is 396 g/mol. The van der Waals surface area contributed by atoms with Crippen LogP contribution in [0.15, 0.2) is 18.2 Å². The number of aliphatic hydroxyl groups is 1. The number of benzene rings is 1. The second kappa shape index (κ2) is 8.45. The molecule has 0 spiro atoms. The van der Waals surface area contributed by atoms with Crippen molar-refractivity contribution in [1.29, 1.82) is 0 Å². The molecule has 2 saturated carbocycles. The van der Waals surface area contributed by atoms with Gasteiger partial charge in [-0.1, -0.05) is 24.9 Å². The summed E-state index contributed by atoms with van der Waals surface area (Å²) in [6, 6.07) is 5.79. The molecule has 1 aromatic rings. The van der Waals surface area contributed by atoms with Crippen molar-refractivity contribution in [3.05, 3.63) is 29.3 Å². The third kappa shape index (κ3) is 3.70. The Morgan fingerprint density at radius 1 is 1.37 bits per heavy atom. The normalized spacial score (nSPS) is 34.6. The molecule has 4 atom stereocenters. The van der Waals surface area contributed by atoms with E-state index in [2.05, 4.69) is 42.5 Å². The number of carbonyl (C=O) groups is 1. The quantitative estimate of drug-likeness (QED) is 0.644. The minimum absolute atomic E-state index is 0.00137. The summed E-state index contributed by atoms with van der Waals surface area (Å²) < 4.78 is 8.86. The molecule has 3 fully saturated rings. The Bertz CT molecular complexity index is 799. The van der Waals surface area contributed by atoms with Crippen LogP contribution in [0.1, 0.15) is 57.1 Å². The Morgan fingerprint density at radius 2 is 2.13 bits per heavy atom. The van der Waals surface area contributed by atoms with E-state index in [4.69, 9.17) is 4.74 Å². The number of nitrogens with one attached hydrogen (secondary N) is 1. The zero-order valence-corrected chi connectivity index (χ0v) is 19.6. The standard InChI is InChI=1S/C24H36N2O3S/c1-5-30-25-21-13-24(28)17(3)26(15-18-7-8-18)11-10-23(24,14-22(21)27)20-12-19(29-4)9-6-16(20)2/h6,9,12,17-18,21,25,28H,5,7-8,10-11,13-15H2,1-4H3/t17-,21+,23-,24-/m1/s1. The van der Waals surface area contributed by atoms with Gasteiger partial charge in [-0.15, -0.1) is 0 Å². The van der Waals surface area contributed by atoms with Crippen LogP contribution in [-0.4, -0.2) is 59.4 Å². The van der Waals surface area contributed by atoms with Crippen LogP contribution in [0.3, 0.4) is 0 Å². The summed E-state index contributed by atoms with van der Waals surface area (Å²) in [5.41, 5.74) is 0.658. The van der Waals surface area contributed by atoms with Gasteiger partial charge in [-0.05, 0) is 68.8 Å². The molecule has 1 heterocycles. The molecule has 1 aliphatic heterocycles. The van der Waals surface area contributed by atoms with Crippen molar-refractivity contribution >= 4 is 17.7 Å². The van der Waals surface area contributed by atoms with Crippen LogP contribution in [0.5, 0.6) is 5.75 Å². The maximum atomic E-state index is 13.3. The summed E-state index contributed by atoms with van der Waals surface area (Å²) >= 11 is 1.57. The van der Waals surface area contributed by atoms with Crippen molar-refractivity contribution in [2.24, 2.45) is 5.92 Å². The molecule has 0 amide bonds.